The monoisotopic (exact) mass is 366 g/mol. The summed E-state index contributed by atoms with van der Waals surface area (Å²) in [5.74, 6) is -0.526. The van der Waals surface area contributed by atoms with Gasteiger partial charge in [0.25, 0.3) is 5.69 Å². The van der Waals surface area contributed by atoms with Crippen molar-refractivity contribution in [1.29, 1.82) is 0 Å². The van der Waals surface area contributed by atoms with Gasteiger partial charge in [0.05, 0.1) is 24.3 Å². The molecule has 0 spiro atoms. The number of hydrogen-bond donors (Lipinski definition) is 1. The number of ether oxygens (including phenoxy) is 1. The summed E-state index contributed by atoms with van der Waals surface area (Å²) in [4.78, 5) is 26.6. The van der Waals surface area contributed by atoms with Gasteiger partial charge in [0, 0.05) is 24.5 Å². The van der Waals surface area contributed by atoms with Gasteiger partial charge in [-0.05, 0) is 36.3 Å². The van der Waals surface area contributed by atoms with Crippen LogP contribution in [0.4, 0.5) is 11.4 Å². The van der Waals surface area contributed by atoms with Gasteiger partial charge in [-0.1, -0.05) is 12.1 Å². The molecule has 0 aliphatic carbocycles. The van der Waals surface area contributed by atoms with Crippen LogP contribution < -0.4 is 5.32 Å². The number of anilines is 1. The lowest BCUT2D eigenvalue weighted by molar-refractivity contribution is -0.384. The van der Waals surface area contributed by atoms with E-state index in [9.17, 15) is 14.9 Å². The van der Waals surface area contributed by atoms with E-state index in [1.165, 1.54) is 25.3 Å². The summed E-state index contributed by atoms with van der Waals surface area (Å²) in [6.07, 6.45) is 6.47. The molecule has 1 N–H and O–H groups in total. The molecule has 1 aromatic carbocycles. The maximum atomic E-state index is 11.4. The van der Waals surface area contributed by atoms with Crippen LogP contribution >= 0.6 is 0 Å². The van der Waals surface area contributed by atoms with Crippen molar-refractivity contribution in [2.75, 3.05) is 12.4 Å². The molecule has 0 amide bonds. The molecule has 0 radical (unpaired) electrons. The Labute approximate surface area is 155 Å². The zero-order valence-corrected chi connectivity index (χ0v) is 14.9. The van der Waals surface area contributed by atoms with Crippen LogP contribution in [0, 0.1) is 17.0 Å². The number of imidazole rings is 1. The number of nitrogens with zero attached hydrogens (tertiary/aromatic N) is 3. The first kappa shape index (κ1) is 18.1. The first-order valence-electron chi connectivity index (χ1n) is 8.19. The van der Waals surface area contributed by atoms with Crippen molar-refractivity contribution < 1.29 is 14.5 Å². The summed E-state index contributed by atoms with van der Waals surface area (Å²) in [6, 6.07) is 8.60. The molecule has 0 atom stereocenters. The molecular formula is C19H18N4O4. The number of methoxy groups -OCH3 is 1. The molecular weight excluding hydrogens is 348 g/mol. The average molecular weight is 366 g/mol. The fourth-order valence-electron chi connectivity index (χ4n) is 2.66. The molecule has 8 nitrogen and oxygen atoms in total. The van der Waals surface area contributed by atoms with Crippen LogP contribution in [-0.2, 0) is 16.1 Å². The number of pyridine rings is 1. The van der Waals surface area contributed by atoms with Gasteiger partial charge in [-0.2, -0.15) is 0 Å². The maximum Gasteiger partial charge on any atom is 0.330 e. The second kappa shape index (κ2) is 7.69. The van der Waals surface area contributed by atoms with E-state index in [2.05, 4.69) is 15.0 Å². The van der Waals surface area contributed by atoms with E-state index >= 15 is 0 Å². The predicted octanol–water partition coefficient (Wildman–Crippen LogP) is 3.35. The minimum atomic E-state index is -0.526. The van der Waals surface area contributed by atoms with Gasteiger partial charge in [-0.25, -0.2) is 9.78 Å². The van der Waals surface area contributed by atoms with E-state index in [1.807, 2.05) is 35.9 Å². The molecule has 0 aliphatic rings. The number of hydrogen-bond acceptors (Lipinski definition) is 6. The zero-order valence-electron chi connectivity index (χ0n) is 14.9. The molecule has 0 unspecified atom stereocenters. The van der Waals surface area contributed by atoms with Crippen molar-refractivity contribution in [2.24, 2.45) is 0 Å². The molecule has 2 heterocycles. The number of fused-ring (bicyclic) bond motifs is 1. The number of nitro groups is 1. The quantitative estimate of drug-likeness (QED) is 0.311. The van der Waals surface area contributed by atoms with Crippen molar-refractivity contribution in [3.63, 3.8) is 0 Å². The van der Waals surface area contributed by atoms with Gasteiger partial charge in [0.2, 0.25) is 0 Å². The van der Waals surface area contributed by atoms with Crippen LogP contribution in [0.25, 0.3) is 11.7 Å². The molecule has 2 aromatic heterocycles. The van der Waals surface area contributed by atoms with E-state index < -0.39 is 10.9 Å². The number of esters is 1. The number of aryl methyl sites for hydroxylation is 1. The van der Waals surface area contributed by atoms with Gasteiger partial charge in [-0.3, -0.25) is 10.1 Å². The van der Waals surface area contributed by atoms with Crippen LogP contribution in [0.1, 0.15) is 16.8 Å². The van der Waals surface area contributed by atoms with Crippen LogP contribution in [0.3, 0.4) is 0 Å². The van der Waals surface area contributed by atoms with Crippen LogP contribution in [0.15, 0.2) is 48.8 Å². The van der Waals surface area contributed by atoms with E-state index in [4.69, 9.17) is 0 Å². The average Bonchev–Trinajstić information content (AvgIpc) is 3.09. The van der Waals surface area contributed by atoms with Crippen LogP contribution in [-0.4, -0.2) is 27.4 Å². The molecule has 27 heavy (non-hydrogen) atoms. The Morgan fingerprint density at radius 1 is 1.41 bits per heavy atom. The summed E-state index contributed by atoms with van der Waals surface area (Å²) >= 11 is 0. The molecule has 0 bridgehead atoms. The van der Waals surface area contributed by atoms with E-state index in [-0.39, 0.29) is 5.69 Å². The number of aromatic nitrogens is 2. The third-order valence-corrected chi connectivity index (χ3v) is 4.02. The second-order valence-electron chi connectivity index (χ2n) is 5.90. The SMILES string of the molecule is COC(=O)/C=C/c1ccc(NCc2cn3cccc(C)c3n2)c([N+](=O)[O-])c1. The van der Waals surface area contributed by atoms with E-state index in [0.29, 0.717) is 17.8 Å². The molecule has 0 aliphatic heterocycles. The smallest absolute Gasteiger partial charge is 0.330 e. The zero-order chi connectivity index (χ0) is 19.4. The number of carbonyl (C=O) groups excluding carboxylic acids is 1. The number of rotatable bonds is 6. The van der Waals surface area contributed by atoms with Crippen LogP contribution in [0.5, 0.6) is 0 Å². The van der Waals surface area contributed by atoms with E-state index in [1.54, 1.807) is 12.1 Å². The molecule has 3 aromatic rings. The van der Waals surface area contributed by atoms with Gasteiger partial charge < -0.3 is 14.5 Å². The molecule has 138 valence electrons. The lowest BCUT2D eigenvalue weighted by Gasteiger charge is -2.06. The Hall–Kier alpha value is -3.68. The maximum absolute atomic E-state index is 11.4. The third kappa shape index (κ3) is 4.12. The Morgan fingerprint density at radius 2 is 2.22 bits per heavy atom. The van der Waals surface area contributed by atoms with Gasteiger partial charge in [-0.15, -0.1) is 0 Å². The molecule has 0 saturated carbocycles. The Bertz CT molecular complexity index is 1040. The van der Waals surface area contributed by atoms with Gasteiger partial charge >= 0.3 is 5.97 Å². The van der Waals surface area contributed by atoms with Gasteiger partial charge in [0.15, 0.2) is 0 Å². The van der Waals surface area contributed by atoms with Crippen LogP contribution in [0.2, 0.25) is 0 Å². The number of benzene rings is 1. The van der Waals surface area contributed by atoms with E-state index in [0.717, 1.165) is 16.9 Å². The third-order valence-electron chi connectivity index (χ3n) is 4.02. The van der Waals surface area contributed by atoms with Crippen molar-refractivity contribution >= 4 is 29.1 Å². The van der Waals surface area contributed by atoms with Crippen molar-refractivity contribution in [3.05, 3.63) is 75.7 Å². The molecule has 8 heteroatoms. The summed E-state index contributed by atoms with van der Waals surface area (Å²) in [5.41, 5.74) is 3.50. The number of nitrogens with one attached hydrogen (secondary N) is 1. The fraction of sp³-hybridized carbons (Fsp3) is 0.158. The summed E-state index contributed by atoms with van der Waals surface area (Å²) in [7, 11) is 1.27. The normalized spacial score (nSPS) is 11.0. The Balaban J connectivity index is 1.80. The Kier molecular flexibility index (Phi) is 5.16. The standard InChI is InChI=1S/C19H18N4O4/c1-13-4-3-9-22-12-15(21-19(13)22)11-20-16-7-5-14(6-8-18(24)27-2)10-17(16)23(25)26/h3-10,12,20H,11H2,1-2H3/b8-6+. The minimum absolute atomic E-state index is 0.0815. The molecule has 0 saturated heterocycles. The van der Waals surface area contributed by atoms with Crippen molar-refractivity contribution in [3.8, 4) is 0 Å². The highest BCUT2D eigenvalue weighted by Crippen LogP contribution is 2.26. The number of carbonyl (C=O) groups is 1. The molecule has 3 rings (SSSR count). The minimum Gasteiger partial charge on any atom is -0.466 e. The Morgan fingerprint density at radius 3 is 2.93 bits per heavy atom. The summed E-state index contributed by atoms with van der Waals surface area (Å²) in [5, 5.41) is 14.5. The molecule has 0 fully saturated rings. The number of nitro benzene ring substituents is 1. The van der Waals surface area contributed by atoms with Crippen molar-refractivity contribution in [1.82, 2.24) is 9.38 Å². The fourth-order valence-corrected chi connectivity index (χ4v) is 2.66. The summed E-state index contributed by atoms with van der Waals surface area (Å²) < 4.78 is 6.43. The summed E-state index contributed by atoms with van der Waals surface area (Å²) in [6.45, 7) is 2.32. The largest absolute Gasteiger partial charge is 0.466 e. The lowest BCUT2D eigenvalue weighted by Crippen LogP contribution is -2.03. The lowest BCUT2D eigenvalue weighted by atomic mass is 10.1. The van der Waals surface area contributed by atoms with Crippen molar-refractivity contribution in [2.45, 2.75) is 13.5 Å². The predicted molar refractivity (Wildman–Crippen MR) is 101 cm³/mol. The topological polar surface area (TPSA) is 98.8 Å². The highest BCUT2D eigenvalue weighted by atomic mass is 16.6. The highest BCUT2D eigenvalue weighted by molar-refractivity contribution is 5.87. The van der Waals surface area contributed by atoms with Gasteiger partial charge in [0.1, 0.15) is 11.3 Å². The first-order chi connectivity index (χ1) is 13.0. The first-order valence-corrected chi connectivity index (χ1v) is 8.19. The highest BCUT2D eigenvalue weighted by Gasteiger charge is 2.14. The second-order valence-corrected chi connectivity index (χ2v) is 5.90.